The van der Waals surface area contributed by atoms with Crippen LogP contribution in [0.3, 0.4) is 0 Å². The Morgan fingerprint density at radius 2 is 1.92 bits per heavy atom. The maximum atomic E-state index is 12.4. The molecule has 0 radical (unpaired) electrons. The van der Waals surface area contributed by atoms with Crippen LogP contribution < -0.4 is 5.06 Å². The van der Waals surface area contributed by atoms with Gasteiger partial charge in [0.05, 0.1) is 28.8 Å². The number of para-hydroxylation sites is 2. The van der Waals surface area contributed by atoms with Crippen molar-refractivity contribution in [2.75, 3.05) is 11.7 Å². The summed E-state index contributed by atoms with van der Waals surface area (Å²) in [6.07, 6.45) is 0.242. The monoisotopic (exact) mass is 356 g/mol. The van der Waals surface area contributed by atoms with E-state index < -0.39 is 22.5 Å². The summed E-state index contributed by atoms with van der Waals surface area (Å²) in [6.45, 7) is 3.61. The predicted molar refractivity (Wildman–Crippen MR) is 95.5 cm³/mol. The summed E-state index contributed by atoms with van der Waals surface area (Å²) < 4.78 is 5.15. The third kappa shape index (κ3) is 3.25. The Kier molecular flexibility index (Phi) is 4.90. The van der Waals surface area contributed by atoms with Crippen LogP contribution in [0.25, 0.3) is 0 Å². The molecule has 7 heteroatoms. The molecule has 2 unspecified atom stereocenters. The lowest BCUT2D eigenvalue weighted by Gasteiger charge is -2.26. The van der Waals surface area contributed by atoms with Crippen molar-refractivity contribution >= 4 is 17.3 Å². The maximum absolute atomic E-state index is 12.4. The second kappa shape index (κ2) is 7.13. The summed E-state index contributed by atoms with van der Waals surface area (Å²) in [4.78, 5) is 29.5. The van der Waals surface area contributed by atoms with Crippen molar-refractivity contribution in [1.82, 2.24) is 0 Å². The van der Waals surface area contributed by atoms with Gasteiger partial charge in [-0.05, 0) is 32.0 Å². The first-order valence-corrected chi connectivity index (χ1v) is 8.40. The van der Waals surface area contributed by atoms with Crippen molar-refractivity contribution in [3.63, 3.8) is 0 Å². The SMILES string of the molecule is CCOC(=O)C1(C)CC(c2ccccc2[N+](=O)[O-])N(c2ccccc2)O1. The Labute approximate surface area is 151 Å². The number of carbonyl (C=O) groups is 1. The van der Waals surface area contributed by atoms with Gasteiger partial charge in [0.25, 0.3) is 5.69 Å². The number of rotatable bonds is 5. The van der Waals surface area contributed by atoms with Crippen LogP contribution in [0.15, 0.2) is 54.6 Å². The summed E-state index contributed by atoms with van der Waals surface area (Å²) in [5.41, 5.74) is -0.0200. The number of nitro benzene ring substituents is 1. The Balaban J connectivity index is 2.06. The molecule has 7 nitrogen and oxygen atoms in total. The minimum Gasteiger partial charge on any atom is -0.464 e. The van der Waals surface area contributed by atoms with Crippen molar-refractivity contribution in [2.24, 2.45) is 0 Å². The van der Waals surface area contributed by atoms with Crippen molar-refractivity contribution in [2.45, 2.75) is 31.9 Å². The van der Waals surface area contributed by atoms with E-state index >= 15 is 0 Å². The topological polar surface area (TPSA) is 81.9 Å². The number of carbonyl (C=O) groups excluding carboxylic acids is 1. The number of hydroxylamine groups is 1. The molecule has 0 spiro atoms. The summed E-state index contributed by atoms with van der Waals surface area (Å²) in [5.74, 6) is -0.484. The Bertz CT molecular complexity index is 811. The Morgan fingerprint density at radius 1 is 1.27 bits per heavy atom. The van der Waals surface area contributed by atoms with Gasteiger partial charge in [-0.3, -0.25) is 15.0 Å². The number of hydrogen-bond acceptors (Lipinski definition) is 6. The Hall–Kier alpha value is -2.93. The highest BCUT2D eigenvalue weighted by Gasteiger charge is 2.51. The van der Waals surface area contributed by atoms with Crippen molar-refractivity contribution in [3.8, 4) is 0 Å². The first-order chi connectivity index (χ1) is 12.5. The fraction of sp³-hybridized carbons (Fsp3) is 0.316. The second-order valence-corrected chi connectivity index (χ2v) is 6.24. The molecule has 3 rings (SSSR count). The molecular weight excluding hydrogens is 336 g/mol. The minimum absolute atomic E-state index is 0.00450. The summed E-state index contributed by atoms with van der Waals surface area (Å²) >= 11 is 0. The number of esters is 1. The molecule has 2 aromatic rings. The molecule has 2 aromatic carbocycles. The first kappa shape index (κ1) is 17.9. The van der Waals surface area contributed by atoms with Gasteiger partial charge in [0.2, 0.25) is 0 Å². The van der Waals surface area contributed by atoms with Gasteiger partial charge in [-0.1, -0.05) is 30.3 Å². The van der Waals surface area contributed by atoms with Gasteiger partial charge < -0.3 is 4.74 Å². The van der Waals surface area contributed by atoms with Crippen molar-refractivity contribution in [1.29, 1.82) is 0 Å². The third-order valence-corrected chi connectivity index (χ3v) is 4.38. The molecule has 1 aliphatic heterocycles. The smallest absolute Gasteiger partial charge is 0.340 e. The van der Waals surface area contributed by atoms with Crippen LogP contribution in [0.2, 0.25) is 0 Å². The molecule has 1 aliphatic rings. The van der Waals surface area contributed by atoms with E-state index in [-0.39, 0.29) is 18.7 Å². The number of hydrogen-bond donors (Lipinski definition) is 0. The molecule has 1 saturated heterocycles. The van der Waals surface area contributed by atoms with Crippen LogP contribution in [-0.4, -0.2) is 23.1 Å². The third-order valence-electron chi connectivity index (χ3n) is 4.38. The highest BCUT2D eigenvalue weighted by atomic mass is 16.7. The summed E-state index contributed by atoms with van der Waals surface area (Å²) in [5, 5.41) is 13.0. The van der Waals surface area contributed by atoms with Gasteiger partial charge >= 0.3 is 5.97 Å². The van der Waals surface area contributed by atoms with Crippen LogP contribution in [0.1, 0.15) is 31.9 Å². The van der Waals surface area contributed by atoms with Gasteiger partial charge in [0, 0.05) is 12.5 Å². The normalized spacial score (nSPS) is 22.2. The van der Waals surface area contributed by atoms with E-state index in [1.165, 1.54) is 6.07 Å². The van der Waals surface area contributed by atoms with Gasteiger partial charge in [0.15, 0.2) is 5.60 Å². The van der Waals surface area contributed by atoms with Crippen LogP contribution >= 0.6 is 0 Å². The van der Waals surface area contributed by atoms with Gasteiger partial charge in [-0.25, -0.2) is 9.86 Å². The van der Waals surface area contributed by atoms with Gasteiger partial charge in [0.1, 0.15) is 0 Å². The molecule has 1 fully saturated rings. The van der Waals surface area contributed by atoms with E-state index in [1.807, 2.05) is 30.3 Å². The molecule has 26 heavy (non-hydrogen) atoms. The molecule has 0 aliphatic carbocycles. The van der Waals surface area contributed by atoms with Crippen molar-refractivity contribution in [3.05, 3.63) is 70.3 Å². The maximum Gasteiger partial charge on any atom is 0.340 e. The van der Waals surface area contributed by atoms with E-state index in [9.17, 15) is 14.9 Å². The molecular formula is C19H20N2O5. The number of nitro groups is 1. The molecule has 0 aromatic heterocycles. The van der Waals surface area contributed by atoms with Crippen molar-refractivity contribution < 1.29 is 19.3 Å². The molecule has 0 bridgehead atoms. The first-order valence-electron chi connectivity index (χ1n) is 8.40. The number of ether oxygens (including phenoxy) is 1. The minimum atomic E-state index is -1.22. The second-order valence-electron chi connectivity index (χ2n) is 6.24. The van der Waals surface area contributed by atoms with Crippen LogP contribution in [0, 0.1) is 10.1 Å². The van der Waals surface area contributed by atoms with E-state index in [4.69, 9.17) is 9.57 Å². The van der Waals surface area contributed by atoms with E-state index in [0.717, 1.165) is 0 Å². The van der Waals surface area contributed by atoms with Crippen LogP contribution in [0.4, 0.5) is 11.4 Å². The van der Waals surface area contributed by atoms with Crippen LogP contribution in [-0.2, 0) is 14.4 Å². The lowest BCUT2D eigenvalue weighted by Crippen LogP contribution is -2.38. The lowest BCUT2D eigenvalue weighted by atomic mass is 9.93. The fourth-order valence-corrected chi connectivity index (χ4v) is 3.15. The zero-order chi connectivity index (χ0) is 18.7. The average Bonchev–Trinajstić information content (AvgIpc) is 3.02. The summed E-state index contributed by atoms with van der Waals surface area (Å²) in [6, 6.07) is 15.2. The molecule has 0 saturated carbocycles. The van der Waals surface area contributed by atoms with Gasteiger partial charge in [-0.2, -0.15) is 0 Å². The van der Waals surface area contributed by atoms with E-state index in [2.05, 4.69) is 0 Å². The number of nitrogens with zero attached hydrogens (tertiary/aromatic N) is 2. The zero-order valence-electron chi connectivity index (χ0n) is 14.6. The highest BCUT2D eigenvalue weighted by molar-refractivity contribution is 5.80. The summed E-state index contributed by atoms with van der Waals surface area (Å²) in [7, 11) is 0. The lowest BCUT2D eigenvalue weighted by molar-refractivity contribution is -0.385. The predicted octanol–water partition coefficient (Wildman–Crippen LogP) is 3.80. The molecule has 1 heterocycles. The zero-order valence-corrected chi connectivity index (χ0v) is 14.6. The molecule has 0 N–H and O–H groups in total. The Morgan fingerprint density at radius 3 is 2.58 bits per heavy atom. The average molecular weight is 356 g/mol. The quantitative estimate of drug-likeness (QED) is 0.460. The molecule has 136 valence electrons. The standard InChI is InChI=1S/C19H20N2O5/c1-3-25-18(22)19(2)13-17(15-11-7-8-12-16(15)21(23)24)20(26-19)14-9-5-4-6-10-14/h4-12,17H,3,13H2,1-2H3. The van der Waals surface area contributed by atoms with E-state index in [1.54, 1.807) is 37.1 Å². The largest absolute Gasteiger partial charge is 0.464 e. The van der Waals surface area contributed by atoms with Crippen LogP contribution in [0.5, 0.6) is 0 Å². The van der Waals surface area contributed by atoms with E-state index in [0.29, 0.717) is 11.3 Å². The fourth-order valence-electron chi connectivity index (χ4n) is 3.15. The number of anilines is 1. The molecule has 0 amide bonds. The highest BCUT2D eigenvalue weighted by Crippen LogP contribution is 2.45. The van der Waals surface area contributed by atoms with Gasteiger partial charge in [-0.15, -0.1) is 0 Å². The molecule has 2 atom stereocenters. The number of benzene rings is 2.